The number of aromatic hydroxyl groups is 2. The molecular weight excluding hydrogens is 311 g/mol. The minimum absolute atomic E-state index is 0.139. The summed E-state index contributed by atoms with van der Waals surface area (Å²) in [6, 6.07) is 8.91. The Morgan fingerprint density at radius 3 is 2.79 bits per heavy atom. The number of hydrogen-bond donors (Lipinski definition) is 3. The van der Waals surface area contributed by atoms with Crippen LogP contribution < -0.4 is 10.2 Å². The molecule has 6 heteroatoms. The normalized spacial score (nSPS) is 14.0. The number of aryl methyl sites for hydroxylation is 1. The molecule has 0 saturated carbocycles. The number of anilines is 2. The fourth-order valence-electron chi connectivity index (χ4n) is 2.94. The van der Waals surface area contributed by atoms with Gasteiger partial charge >= 0.3 is 0 Å². The van der Waals surface area contributed by atoms with E-state index in [-0.39, 0.29) is 18.2 Å². The van der Waals surface area contributed by atoms with Crippen molar-refractivity contribution < 1.29 is 19.4 Å². The first-order chi connectivity index (χ1) is 11.5. The second kappa shape index (κ2) is 6.78. The number of rotatable bonds is 3. The van der Waals surface area contributed by atoms with Crippen LogP contribution in [0.3, 0.4) is 0 Å². The third-order valence-corrected chi connectivity index (χ3v) is 4.09. The van der Waals surface area contributed by atoms with Crippen LogP contribution in [-0.2, 0) is 11.2 Å². The van der Waals surface area contributed by atoms with Gasteiger partial charge in [-0.05, 0) is 55.2 Å². The zero-order valence-electron chi connectivity index (χ0n) is 13.1. The van der Waals surface area contributed by atoms with Gasteiger partial charge in [-0.25, -0.2) is 4.39 Å². The lowest BCUT2D eigenvalue weighted by molar-refractivity contribution is -0.115. The molecule has 2 aromatic carbocycles. The summed E-state index contributed by atoms with van der Waals surface area (Å²) in [5, 5.41) is 21.5. The average Bonchev–Trinajstić information content (AvgIpc) is 2.73. The van der Waals surface area contributed by atoms with E-state index in [2.05, 4.69) is 5.32 Å². The number of hydrogen-bond acceptors (Lipinski definition) is 4. The molecule has 0 aliphatic carbocycles. The average molecular weight is 330 g/mol. The first-order valence-corrected chi connectivity index (χ1v) is 7.88. The van der Waals surface area contributed by atoms with Crippen molar-refractivity contribution >= 4 is 17.3 Å². The van der Waals surface area contributed by atoms with Gasteiger partial charge in [0.25, 0.3) is 0 Å². The van der Waals surface area contributed by atoms with Gasteiger partial charge in [-0.1, -0.05) is 0 Å². The molecule has 0 aromatic heterocycles. The topological polar surface area (TPSA) is 72.8 Å². The molecule has 0 spiro atoms. The largest absolute Gasteiger partial charge is 0.508 e. The summed E-state index contributed by atoms with van der Waals surface area (Å²) in [4.78, 5) is 14.2. The van der Waals surface area contributed by atoms with E-state index in [1.165, 1.54) is 12.1 Å². The van der Waals surface area contributed by atoms with Crippen LogP contribution in [0.5, 0.6) is 11.5 Å². The molecule has 3 N–H and O–H groups in total. The molecular formula is C18H19FN2O3. The third kappa shape index (κ3) is 3.59. The van der Waals surface area contributed by atoms with Gasteiger partial charge in [-0.15, -0.1) is 0 Å². The zero-order chi connectivity index (χ0) is 17.1. The predicted octanol–water partition coefficient (Wildman–Crippen LogP) is 3.02. The number of carbonyl (C=O) groups is 1. The highest BCUT2D eigenvalue weighted by Gasteiger charge is 2.18. The van der Waals surface area contributed by atoms with Crippen molar-refractivity contribution in [3.63, 3.8) is 0 Å². The summed E-state index contributed by atoms with van der Waals surface area (Å²) in [6.07, 6.45) is 2.82. The molecule has 0 atom stereocenters. The van der Waals surface area contributed by atoms with E-state index < -0.39 is 11.6 Å². The van der Waals surface area contributed by atoms with Gasteiger partial charge in [0, 0.05) is 24.0 Å². The Hall–Kier alpha value is -2.76. The summed E-state index contributed by atoms with van der Waals surface area (Å²) >= 11 is 0. The summed E-state index contributed by atoms with van der Waals surface area (Å²) in [5.41, 5.74) is 2.27. The van der Waals surface area contributed by atoms with Crippen LogP contribution in [0.2, 0.25) is 0 Å². The number of amides is 1. The van der Waals surface area contributed by atoms with E-state index in [1.807, 2.05) is 11.0 Å². The van der Waals surface area contributed by atoms with Gasteiger partial charge in [-0.3, -0.25) is 4.79 Å². The number of fused-ring (bicyclic) bond motifs is 1. The molecule has 5 nitrogen and oxygen atoms in total. The van der Waals surface area contributed by atoms with Gasteiger partial charge < -0.3 is 20.4 Å². The number of phenols is 2. The predicted molar refractivity (Wildman–Crippen MR) is 90.0 cm³/mol. The Balaban J connectivity index is 1.73. The number of nitrogens with one attached hydrogen (secondary N) is 1. The molecule has 24 heavy (non-hydrogen) atoms. The molecule has 3 rings (SSSR count). The van der Waals surface area contributed by atoms with Crippen molar-refractivity contribution in [1.82, 2.24) is 0 Å². The zero-order valence-corrected chi connectivity index (χ0v) is 13.1. The summed E-state index contributed by atoms with van der Waals surface area (Å²) in [5.74, 6) is -1.27. The van der Waals surface area contributed by atoms with Crippen LogP contribution >= 0.6 is 0 Å². The lowest BCUT2D eigenvalue weighted by Gasteiger charge is -2.24. The van der Waals surface area contributed by atoms with Gasteiger partial charge in [0.2, 0.25) is 5.91 Å². The van der Waals surface area contributed by atoms with Gasteiger partial charge in [0.1, 0.15) is 5.75 Å². The van der Waals surface area contributed by atoms with Gasteiger partial charge in [-0.2, -0.15) is 0 Å². The number of benzene rings is 2. The fourth-order valence-corrected chi connectivity index (χ4v) is 2.94. The van der Waals surface area contributed by atoms with E-state index in [0.717, 1.165) is 43.1 Å². The monoisotopic (exact) mass is 330 g/mol. The molecule has 1 aliphatic heterocycles. The highest BCUT2D eigenvalue weighted by atomic mass is 19.1. The van der Waals surface area contributed by atoms with E-state index in [1.54, 1.807) is 12.1 Å². The van der Waals surface area contributed by atoms with Crippen molar-refractivity contribution in [2.24, 2.45) is 0 Å². The minimum atomic E-state index is -0.775. The number of nitrogens with zero attached hydrogens (tertiary/aromatic N) is 1. The van der Waals surface area contributed by atoms with Crippen LogP contribution in [0, 0.1) is 5.82 Å². The Morgan fingerprint density at radius 1 is 1.17 bits per heavy atom. The van der Waals surface area contributed by atoms with Crippen LogP contribution in [0.4, 0.5) is 15.8 Å². The van der Waals surface area contributed by atoms with Crippen molar-refractivity contribution in [3.05, 3.63) is 47.8 Å². The van der Waals surface area contributed by atoms with E-state index in [4.69, 9.17) is 0 Å². The quantitative estimate of drug-likeness (QED) is 0.757. The van der Waals surface area contributed by atoms with Crippen molar-refractivity contribution in [1.29, 1.82) is 0 Å². The summed E-state index contributed by atoms with van der Waals surface area (Å²) < 4.78 is 13.3. The van der Waals surface area contributed by atoms with Gasteiger partial charge in [0.05, 0.1) is 6.54 Å². The highest BCUT2D eigenvalue weighted by molar-refractivity contribution is 5.94. The third-order valence-electron chi connectivity index (χ3n) is 4.09. The standard InChI is InChI=1S/C18H19FN2O3/c19-15-10-13(4-7-17(15)23)20-18(24)11-21-8-2-1-3-12-9-14(22)5-6-16(12)21/h4-7,9-10,22-23H,1-3,8,11H2,(H,20,24). The first-order valence-electron chi connectivity index (χ1n) is 7.88. The molecule has 0 bridgehead atoms. The van der Waals surface area contributed by atoms with Crippen molar-refractivity contribution in [2.45, 2.75) is 19.3 Å². The highest BCUT2D eigenvalue weighted by Crippen LogP contribution is 2.29. The maximum Gasteiger partial charge on any atom is 0.243 e. The number of phenolic OH excluding ortho intramolecular Hbond substituents is 2. The van der Waals surface area contributed by atoms with E-state index >= 15 is 0 Å². The fraction of sp³-hybridized carbons (Fsp3) is 0.278. The van der Waals surface area contributed by atoms with Crippen LogP contribution in [0.15, 0.2) is 36.4 Å². The number of halogens is 1. The summed E-state index contributed by atoms with van der Waals surface area (Å²) in [7, 11) is 0. The van der Waals surface area contributed by atoms with E-state index in [9.17, 15) is 19.4 Å². The second-order valence-electron chi connectivity index (χ2n) is 5.91. The Morgan fingerprint density at radius 2 is 2.00 bits per heavy atom. The minimum Gasteiger partial charge on any atom is -0.508 e. The molecule has 1 aliphatic rings. The lowest BCUT2D eigenvalue weighted by atomic mass is 10.1. The molecule has 1 amide bonds. The Kier molecular flexibility index (Phi) is 4.55. The van der Waals surface area contributed by atoms with E-state index in [0.29, 0.717) is 5.69 Å². The molecule has 1 heterocycles. The number of carbonyl (C=O) groups excluding carboxylic acids is 1. The Bertz CT molecular complexity index is 764. The molecule has 0 fully saturated rings. The van der Waals surface area contributed by atoms with Crippen LogP contribution in [-0.4, -0.2) is 29.2 Å². The second-order valence-corrected chi connectivity index (χ2v) is 5.91. The first kappa shape index (κ1) is 16.1. The molecule has 126 valence electrons. The smallest absolute Gasteiger partial charge is 0.243 e. The molecule has 0 unspecified atom stereocenters. The Labute approximate surface area is 139 Å². The van der Waals surface area contributed by atoms with Crippen LogP contribution in [0.25, 0.3) is 0 Å². The van der Waals surface area contributed by atoms with Crippen LogP contribution in [0.1, 0.15) is 18.4 Å². The maximum absolute atomic E-state index is 13.3. The molecule has 2 aromatic rings. The molecule has 0 radical (unpaired) electrons. The summed E-state index contributed by atoms with van der Waals surface area (Å²) in [6.45, 7) is 0.884. The lowest BCUT2D eigenvalue weighted by Crippen LogP contribution is -2.34. The molecule has 0 saturated heterocycles. The van der Waals surface area contributed by atoms with Crippen molar-refractivity contribution in [3.8, 4) is 11.5 Å². The van der Waals surface area contributed by atoms with Gasteiger partial charge in [0.15, 0.2) is 11.6 Å². The van der Waals surface area contributed by atoms with Crippen molar-refractivity contribution in [2.75, 3.05) is 23.3 Å². The maximum atomic E-state index is 13.3. The SMILES string of the molecule is O=C(CN1CCCCc2cc(O)ccc21)Nc1ccc(O)c(F)c1.